The second-order valence-corrected chi connectivity index (χ2v) is 5.07. The smallest absolute Gasteiger partial charge is 0.159 e. The summed E-state index contributed by atoms with van der Waals surface area (Å²) in [5.74, 6) is 0. The fourth-order valence-corrected chi connectivity index (χ4v) is 2.46. The first-order valence-electron chi connectivity index (χ1n) is 7.01. The Balaban J connectivity index is 1.87. The Labute approximate surface area is 127 Å². The van der Waals surface area contributed by atoms with Gasteiger partial charge < -0.3 is 0 Å². The normalized spacial score (nSPS) is 11.0. The van der Waals surface area contributed by atoms with E-state index < -0.39 is 0 Å². The number of aryl methyl sites for hydroxylation is 1. The lowest BCUT2D eigenvalue weighted by Gasteiger charge is -2.04. The molecule has 4 aromatic rings. The fourth-order valence-electron chi connectivity index (χ4n) is 2.46. The van der Waals surface area contributed by atoms with Crippen molar-refractivity contribution in [3.63, 3.8) is 0 Å². The van der Waals surface area contributed by atoms with E-state index >= 15 is 0 Å². The third-order valence-corrected chi connectivity index (χ3v) is 3.52. The summed E-state index contributed by atoms with van der Waals surface area (Å²) in [7, 11) is 0. The molecule has 0 saturated carbocycles. The van der Waals surface area contributed by atoms with Crippen molar-refractivity contribution in [1.29, 1.82) is 0 Å². The number of nitrogens with one attached hydrogen (secondary N) is 1. The SMILES string of the molecule is Cc1cccc(-c2[nH]ncc2-c2ccc3cccnc3n2)n1. The van der Waals surface area contributed by atoms with Crippen LogP contribution in [0.15, 0.2) is 54.9 Å². The van der Waals surface area contributed by atoms with Crippen LogP contribution in [-0.2, 0) is 0 Å². The second kappa shape index (κ2) is 5.04. The summed E-state index contributed by atoms with van der Waals surface area (Å²) in [6.45, 7) is 1.97. The predicted octanol–water partition coefficient (Wildman–Crippen LogP) is 3.39. The number of pyridine rings is 3. The van der Waals surface area contributed by atoms with Gasteiger partial charge in [0, 0.05) is 22.8 Å². The summed E-state index contributed by atoms with van der Waals surface area (Å²) < 4.78 is 0. The largest absolute Gasteiger partial charge is 0.276 e. The first-order valence-corrected chi connectivity index (χ1v) is 7.01. The summed E-state index contributed by atoms with van der Waals surface area (Å²) in [5, 5.41) is 8.20. The van der Waals surface area contributed by atoms with Gasteiger partial charge in [-0.05, 0) is 43.3 Å². The van der Waals surface area contributed by atoms with Crippen molar-refractivity contribution in [3.8, 4) is 22.6 Å². The van der Waals surface area contributed by atoms with Crippen molar-refractivity contribution in [3.05, 3.63) is 60.6 Å². The molecule has 0 aliphatic rings. The molecule has 0 radical (unpaired) electrons. The molecule has 22 heavy (non-hydrogen) atoms. The molecule has 0 bridgehead atoms. The van der Waals surface area contributed by atoms with Crippen molar-refractivity contribution < 1.29 is 0 Å². The van der Waals surface area contributed by atoms with E-state index in [4.69, 9.17) is 0 Å². The average Bonchev–Trinajstić information content (AvgIpc) is 3.04. The molecule has 4 heterocycles. The molecule has 4 aromatic heterocycles. The minimum atomic E-state index is 0.726. The van der Waals surface area contributed by atoms with E-state index in [0.717, 1.165) is 39.4 Å². The van der Waals surface area contributed by atoms with Gasteiger partial charge in [0.1, 0.15) is 0 Å². The average molecular weight is 287 g/mol. The maximum Gasteiger partial charge on any atom is 0.159 e. The number of hydrogen-bond acceptors (Lipinski definition) is 4. The van der Waals surface area contributed by atoms with Crippen LogP contribution in [0.2, 0.25) is 0 Å². The van der Waals surface area contributed by atoms with E-state index in [1.165, 1.54) is 0 Å². The minimum Gasteiger partial charge on any atom is -0.276 e. The number of aromatic amines is 1. The number of nitrogens with zero attached hydrogens (tertiary/aromatic N) is 4. The Morgan fingerprint density at radius 1 is 0.909 bits per heavy atom. The molecule has 0 amide bonds. The summed E-state index contributed by atoms with van der Waals surface area (Å²) >= 11 is 0. The van der Waals surface area contributed by atoms with Gasteiger partial charge in [-0.2, -0.15) is 5.10 Å². The number of aromatic nitrogens is 5. The van der Waals surface area contributed by atoms with Gasteiger partial charge in [-0.1, -0.05) is 6.07 Å². The molecule has 0 fully saturated rings. The molecule has 4 rings (SSSR count). The second-order valence-electron chi connectivity index (χ2n) is 5.07. The quantitative estimate of drug-likeness (QED) is 0.613. The maximum atomic E-state index is 4.63. The van der Waals surface area contributed by atoms with Crippen LogP contribution in [0.3, 0.4) is 0 Å². The number of hydrogen-bond donors (Lipinski definition) is 1. The highest BCUT2D eigenvalue weighted by atomic mass is 15.1. The van der Waals surface area contributed by atoms with E-state index in [9.17, 15) is 0 Å². The molecule has 0 aliphatic carbocycles. The van der Waals surface area contributed by atoms with Crippen molar-refractivity contribution in [2.75, 3.05) is 0 Å². The van der Waals surface area contributed by atoms with Crippen LogP contribution in [0.25, 0.3) is 33.7 Å². The monoisotopic (exact) mass is 287 g/mol. The molecule has 0 aliphatic heterocycles. The van der Waals surface area contributed by atoms with E-state index in [1.807, 2.05) is 49.4 Å². The number of rotatable bonds is 2. The Morgan fingerprint density at radius 3 is 2.77 bits per heavy atom. The van der Waals surface area contributed by atoms with E-state index in [0.29, 0.717) is 0 Å². The van der Waals surface area contributed by atoms with Gasteiger partial charge in [-0.15, -0.1) is 0 Å². The summed E-state index contributed by atoms with van der Waals surface area (Å²) in [6, 6.07) is 13.8. The topological polar surface area (TPSA) is 67.3 Å². The van der Waals surface area contributed by atoms with Gasteiger partial charge in [-0.25, -0.2) is 9.97 Å². The lowest BCUT2D eigenvalue weighted by atomic mass is 10.1. The van der Waals surface area contributed by atoms with Crippen molar-refractivity contribution in [2.24, 2.45) is 0 Å². The van der Waals surface area contributed by atoms with Crippen LogP contribution < -0.4 is 0 Å². The highest BCUT2D eigenvalue weighted by Crippen LogP contribution is 2.28. The maximum absolute atomic E-state index is 4.63. The zero-order valence-corrected chi connectivity index (χ0v) is 12.0. The van der Waals surface area contributed by atoms with E-state index in [1.54, 1.807) is 12.4 Å². The van der Waals surface area contributed by atoms with Crippen molar-refractivity contribution in [1.82, 2.24) is 25.1 Å². The summed E-state index contributed by atoms with van der Waals surface area (Å²) in [5.41, 5.74) is 5.17. The first kappa shape index (κ1) is 12.6. The van der Waals surface area contributed by atoms with Gasteiger partial charge in [-0.3, -0.25) is 10.1 Å². The molecule has 5 heteroatoms. The third-order valence-electron chi connectivity index (χ3n) is 3.52. The van der Waals surface area contributed by atoms with Gasteiger partial charge in [0.15, 0.2) is 5.65 Å². The van der Waals surface area contributed by atoms with Crippen LogP contribution in [-0.4, -0.2) is 25.1 Å². The molecule has 5 nitrogen and oxygen atoms in total. The predicted molar refractivity (Wildman–Crippen MR) is 85.1 cm³/mol. The van der Waals surface area contributed by atoms with Crippen LogP contribution in [0.4, 0.5) is 0 Å². The van der Waals surface area contributed by atoms with Crippen molar-refractivity contribution in [2.45, 2.75) is 6.92 Å². The lowest BCUT2D eigenvalue weighted by Crippen LogP contribution is -1.91. The zero-order valence-electron chi connectivity index (χ0n) is 12.0. The lowest BCUT2D eigenvalue weighted by molar-refractivity contribution is 1.08. The number of H-pyrrole nitrogens is 1. The molecular formula is C17H13N5. The first-order chi connectivity index (χ1) is 10.8. The standard InChI is InChI=1S/C17H13N5/c1-11-4-2-6-15(20-11)16-13(10-19-22-16)14-8-7-12-5-3-9-18-17(12)21-14/h2-10H,1H3,(H,19,22). The molecule has 106 valence electrons. The number of fused-ring (bicyclic) bond motifs is 1. The highest BCUT2D eigenvalue weighted by Gasteiger charge is 2.12. The van der Waals surface area contributed by atoms with Crippen molar-refractivity contribution >= 4 is 11.0 Å². The Kier molecular flexibility index (Phi) is 2.89. The van der Waals surface area contributed by atoms with Crippen LogP contribution >= 0.6 is 0 Å². The van der Waals surface area contributed by atoms with Gasteiger partial charge in [0.2, 0.25) is 0 Å². The summed E-state index contributed by atoms with van der Waals surface area (Å²) in [6.07, 6.45) is 3.52. The molecule has 0 spiro atoms. The molecule has 0 atom stereocenters. The molecule has 0 unspecified atom stereocenters. The molecule has 1 N–H and O–H groups in total. The molecular weight excluding hydrogens is 274 g/mol. The minimum absolute atomic E-state index is 0.726. The van der Waals surface area contributed by atoms with E-state index in [2.05, 4.69) is 25.1 Å². The zero-order chi connectivity index (χ0) is 14.9. The fraction of sp³-hybridized carbons (Fsp3) is 0.0588. The highest BCUT2D eigenvalue weighted by molar-refractivity contribution is 5.82. The Morgan fingerprint density at radius 2 is 1.86 bits per heavy atom. The van der Waals surface area contributed by atoms with Gasteiger partial charge in [0.05, 0.1) is 23.3 Å². The van der Waals surface area contributed by atoms with Crippen LogP contribution in [0.1, 0.15) is 5.69 Å². The van der Waals surface area contributed by atoms with Crippen LogP contribution in [0.5, 0.6) is 0 Å². The molecule has 0 aromatic carbocycles. The Bertz CT molecular complexity index is 958. The van der Waals surface area contributed by atoms with Crippen LogP contribution in [0, 0.1) is 6.92 Å². The van der Waals surface area contributed by atoms with Gasteiger partial charge >= 0.3 is 0 Å². The van der Waals surface area contributed by atoms with E-state index in [-0.39, 0.29) is 0 Å². The molecule has 0 saturated heterocycles. The summed E-state index contributed by atoms with van der Waals surface area (Å²) in [4.78, 5) is 13.5. The third kappa shape index (κ3) is 2.13. The van der Waals surface area contributed by atoms with Gasteiger partial charge in [0.25, 0.3) is 0 Å². The Hall–Kier alpha value is -3.08.